The van der Waals surface area contributed by atoms with Gasteiger partial charge in [0.2, 0.25) is 0 Å². The van der Waals surface area contributed by atoms with Crippen LogP contribution in [0.3, 0.4) is 0 Å². The number of nitrogen functional groups attached to an aromatic ring is 1. The van der Waals surface area contributed by atoms with Crippen molar-refractivity contribution in [3.8, 4) is 0 Å². The summed E-state index contributed by atoms with van der Waals surface area (Å²) in [5, 5.41) is 0.807. The molecule has 190 valence electrons. The molecule has 7 nitrogen and oxygen atoms in total. The lowest BCUT2D eigenvalue weighted by Crippen LogP contribution is -2.47. The van der Waals surface area contributed by atoms with E-state index in [1.54, 1.807) is 17.0 Å². The fourth-order valence-electron chi connectivity index (χ4n) is 5.10. The number of aromatic nitrogens is 2. The highest BCUT2D eigenvalue weighted by Crippen LogP contribution is 2.38. The molecule has 3 atom stereocenters. The summed E-state index contributed by atoms with van der Waals surface area (Å²) in [7, 11) is 0. The van der Waals surface area contributed by atoms with E-state index in [0.717, 1.165) is 28.8 Å². The number of rotatable bonds is 4. The summed E-state index contributed by atoms with van der Waals surface area (Å²) < 4.78 is 50.3. The topological polar surface area (TPSA) is 90.6 Å². The van der Waals surface area contributed by atoms with Gasteiger partial charge >= 0.3 is 6.18 Å². The molecule has 10 heteroatoms. The van der Waals surface area contributed by atoms with Crippen LogP contribution in [-0.4, -0.2) is 40.0 Å². The van der Waals surface area contributed by atoms with Crippen LogP contribution in [0, 0.1) is 5.92 Å². The normalized spacial score (nSPS) is 22.0. The van der Waals surface area contributed by atoms with Gasteiger partial charge in [0, 0.05) is 41.3 Å². The van der Waals surface area contributed by atoms with Crippen molar-refractivity contribution in [1.82, 2.24) is 14.9 Å². The molecule has 0 unspecified atom stereocenters. The Morgan fingerprint density at radius 3 is 2.72 bits per heavy atom. The molecule has 1 amide bonds. The van der Waals surface area contributed by atoms with E-state index in [0.29, 0.717) is 48.8 Å². The fourth-order valence-corrected chi connectivity index (χ4v) is 5.10. The second-order valence-electron chi connectivity index (χ2n) is 9.45. The molecule has 0 aliphatic carbocycles. The Hall–Kier alpha value is -3.24. The smallest absolute Gasteiger partial charge is 0.383 e. The number of ether oxygens (including phenoxy) is 2. The molecule has 0 bridgehead atoms. The van der Waals surface area contributed by atoms with Crippen molar-refractivity contribution in [3.05, 3.63) is 64.5 Å². The number of pyridine rings is 2. The summed E-state index contributed by atoms with van der Waals surface area (Å²) in [6.45, 7) is 5.39. The van der Waals surface area contributed by atoms with Crippen molar-refractivity contribution >= 4 is 22.6 Å². The average molecular weight is 501 g/mol. The molecule has 36 heavy (non-hydrogen) atoms. The molecular weight excluding hydrogens is 473 g/mol. The van der Waals surface area contributed by atoms with Gasteiger partial charge in [0.1, 0.15) is 5.82 Å². The highest BCUT2D eigenvalue weighted by molar-refractivity contribution is 5.99. The predicted octanol–water partition coefficient (Wildman–Crippen LogP) is 4.89. The Bertz CT molecular complexity index is 1300. The van der Waals surface area contributed by atoms with Gasteiger partial charge in [-0.3, -0.25) is 9.78 Å². The summed E-state index contributed by atoms with van der Waals surface area (Å²) >= 11 is 0. The second kappa shape index (κ2) is 9.33. The second-order valence-corrected chi connectivity index (χ2v) is 9.45. The Morgan fingerprint density at radius 1 is 1.22 bits per heavy atom. The Morgan fingerprint density at radius 2 is 2.03 bits per heavy atom. The summed E-state index contributed by atoms with van der Waals surface area (Å²) in [4.78, 5) is 24.1. The van der Waals surface area contributed by atoms with Gasteiger partial charge in [-0.1, -0.05) is 6.92 Å². The minimum absolute atomic E-state index is 0.0533. The third kappa shape index (κ3) is 4.51. The predicted molar refractivity (Wildman–Crippen MR) is 127 cm³/mol. The molecule has 1 saturated heterocycles. The fraction of sp³-hybridized carbons (Fsp3) is 0.423. The van der Waals surface area contributed by atoms with E-state index < -0.39 is 11.7 Å². The Balaban J connectivity index is 1.51. The molecule has 2 aliphatic rings. The van der Waals surface area contributed by atoms with E-state index in [1.165, 1.54) is 6.07 Å². The summed E-state index contributed by atoms with van der Waals surface area (Å²) in [5.74, 6) is 0.250. The van der Waals surface area contributed by atoms with Crippen LogP contribution in [0.2, 0.25) is 0 Å². The molecule has 2 aromatic heterocycles. The monoisotopic (exact) mass is 500 g/mol. The van der Waals surface area contributed by atoms with E-state index in [4.69, 9.17) is 15.2 Å². The van der Waals surface area contributed by atoms with Crippen molar-refractivity contribution < 1.29 is 27.4 Å². The van der Waals surface area contributed by atoms with Gasteiger partial charge in [-0.05, 0) is 49.2 Å². The van der Waals surface area contributed by atoms with Crippen LogP contribution in [0.1, 0.15) is 59.1 Å². The number of alkyl halides is 3. The quantitative estimate of drug-likeness (QED) is 0.549. The standard InChI is InChI=1S/C26H27F3N4O3/c1-14-12-35-8-7-22(14)33(11-18-5-4-17(10-31-18)26(27,28)29)25(34)16-3-6-21-19(9-16)20-13-36-15(2)23(20)24(30)32-21/h3-6,9-10,14-15,22H,7-8,11-13H2,1-2H3,(H2,30,32)/t14-,15-,22+/m0/s1. The minimum Gasteiger partial charge on any atom is -0.383 e. The van der Waals surface area contributed by atoms with Crippen LogP contribution in [0.4, 0.5) is 19.0 Å². The number of hydrogen-bond acceptors (Lipinski definition) is 6. The third-order valence-corrected chi connectivity index (χ3v) is 7.04. The van der Waals surface area contributed by atoms with Crippen molar-refractivity contribution in [2.45, 2.75) is 51.7 Å². The molecule has 2 N–H and O–H groups in total. The first kappa shape index (κ1) is 24.5. The number of benzene rings is 1. The van der Waals surface area contributed by atoms with Crippen molar-refractivity contribution in [3.63, 3.8) is 0 Å². The summed E-state index contributed by atoms with van der Waals surface area (Å²) in [5.41, 5.74) is 8.62. The molecule has 1 fully saturated rings. The first-order valence-corrected chi connectivity index (χ1v) is 11.9. The third-order valence-electron chi connectivity index (χ3n) is 7.04. The molecule has 1 aromatic carbocycles. The molecule has 0 radical (unpaired) electrons. The summed E-state index contributed by atoms with van der Waals surface area (Å²) in [6.07, 6.45) is -3.22. The van der Waals surface area contributed by atoms with Crippen molar-refractivity contribution in [2.75, 3.05) is 18.9 Å². The van der Waals surface area contributed by atoms with Gasteiger partial charge < -0.3 is 20.1 Å². The highest BCUT2D eigenvalue weighted by atomic mass is 19.4. The van der Waals surface area contributed by atoms with Crippen molar-refractivity contribution in [2.24, 2.45) is 5.92 Å². The lowest BCUT2D eigenvalue weighted by atomic mass is 9.94. The maximum Gasteiger partial charge on any atom is 0.417 e. The van der Waals surface area contributed by atoms with Crippen LogP contribution in [0.15, 0.2) is 36.5 Å². The number of carbonyl (C=O) groups is 1. The number of halogens is 3. The molecule has 4 heterocycles. The molecule has 0 saturated carbocycles. The lowest BCUT2D eigenvalue weighted by Gasteiger charge is -2.38. The summed E-state index contributed by atoms with van der Waals surface area (Å²) in [6, 6.07) is 7.46. The SMILES string of the molecule is C[C@@H]1OCc2c1c(N)nc1ccc(C(=O)N(Cc3ccc(C(F)(F)F)cn3)[C@@H]3CCOC[C@@H]3C)cc21. The zero-order valence-electron chi connectivity index (χ0n) is 20.0. The largest absolute Gasteiger partial charge is 0.417 e. The lowest BCUT2D eigenvalue weighted by molar-refractivity contribution is -0.137. The zero-order valence-corrected chi connectivity index (χ0v) is 20.0. The number of anilines is 1. The van der Waals surface area contributed by atoms with E-state index in [9.17, 15) is 18.0 Å². The van der Waals surface area contributed by atoms with Gasteiger partial charge in [0.15, 0.2) is 0 Å². The number of hydrogen-bond donors (Lipinski definition) is 1. The van der Waals surface area contributed by atoms with Crippen LogP contribution < -0.4 is 5.73 Å². The average Bonchev–Trinajstić information content (AvgIpc) is 3.25. The molecule has 2 aliphatic heterocycles. The maximum absolute atomic E-state index is 13.9. The Kier molecular flexibility index (Phi) is 6.34. The van der Waals surface area contributed by atoms with Crippen LogP contribution >= 0.6 is 0 Å². The van der Waals surface area contributed by atoms with Gasteiger partial charge in [-0.15, -0.1) is 0 Å². The van der Waals surface area contributed by atoms with Crippen LogP contribution in [0.25, 0.3) is 10.9 Å². The van der Waals surface area contributed by atoms with Gasteiger partial charge in [-0.2, -0.15) is 13.2 Å². The molecular formula is C26H27F3N4O3. The number of nitrogens with zero attached hydrogens (tertiary/aromatic N) is 3. The first-order chi connectivity index (χ1) is 17.1. The minimum atomic E-state index is -4.47. The number of fused-ring (bicyclic) bond motifs is 3. The van der Waals surface area contributed by atoms with E-state index in [2.05, 4.69) is 9.97 Å². The van der Waals surface area contributed by atoms with E-state index in [1.807, 2.05) is 19.9 Å². The highest BCUT2D eigenvalue weighted by Gasteiger charge is 2.34. The van der Waals surface area contributed by atoms with Gasteiger partial charge in [0.25, 0.3) is 5.91 Å². The van der Waals surface area contributed by atoms with Gasteiger partial charge in [0.05, 0.1) is 42.6 Å². The maximum atomic E-state index is 13.9. The zero-order chi connectivity index (χ0) is 25.6. The molecule has 0 spiro atoms. The first-order valence-electron chi connectivity index (χ1n) is 11.9. The number of amides is 1. The number of nitrogens with two attached hydrogens (primary N) is 1. The van der Waals surface area contributed by atoms with E-state index in [-0.39, 0.29) is 30.5 Å². The Labute approximate surface area is 206 Å². The van der Waals surface area contributed by atoms with Crippen molar-refractivity contribution in [1.29, 1.82) is 0 Å². The van der Waals surface area contributed by atoms with E-state index >= 15 is 0 Å². The van der Waals surface area contributed by atoms with Gasteiger partial charge in [-0.25, -0.2) is 4.98 Å². The molecule has 3 aromatic rings. The van der Waals surface area contributed by atoms with Crippen LogP contribution in [-0.2, 0) is 28.8 Å². The van der Waals surface area contributed by atoms with Crippen LogP contribution in [0.5, 0.6) is 0 Å². The molecule has 5 rings (SSSR count). The number of carbonyl (C=O) groups excluding carboxylic acids is 1.